The van der Waals surface area contributed by atoms with E-state index in [2.05, 4.69) is 0 Å². The Morgan fingerprint density at radius 1 is 0.274 bits per heavy atom. The summed E-state index contributed by atoms with van der Waals surface area (Å²) in [6, 6.07) is 45.8. The van der Waals surface area contributed by atoms with Crippen molar-refractivity contribution >= 4 is 64.6 Å². The van der Waals surface area contributed by atoms with Crippen molar-refractivity contribution in [2.75, 3.05) is 0 Å². The van der Waals surface area contributed by atoms with Crippen molar-refractivity contribution < 1.29 is 40.9 Å². The van der Waals surface area contributed by atoms with Crippen LogP contribution in [0.15, 0.2) is 158 Å². The Bertz CT molecular complexity index is 3270. The molecule has 0 aliphatic carbocycles. The van der Waals surface area contributed by atoms with Crippen LogP contribution in [0.3, 0.4) is 0 Å². The Labute approximate surface area is 354 Å². The molecule has 0 heterocycles. The molecule has 0 fully saturated rings. The van der Waals surface area contributed by atoms with E-state index >= 15 is 0 Å². The van der Waals surface area contributed by atoms with Crippen molar-refractivity contribution in [3.8, 4) is 23.0 Å². The van der Waals surface area contributed by atoms with E-state index in [-0.39, 0.29) is 23.0 Å². The molecule has 0 aliphatic heterocycles. The van der Waals surface area contributed by atoms with Gasteiger partial charge in [-0.15, -0.1) is 0 Å². The van der Waals surface area contributed by atoms with Crippen LogP contribution in [0.4, 0.5) is 0 Å². The Morgan fingerprint density at radius 3 is 0.935 bits per heavy atom. The molecule has 0 aromatic heterocycles. The number of aliphatic hydroxyl groups is 4. The van der Waals surface area contributed by atoms with Gasteiger partial charge in [-0.3, -0.25) is 0 Å². The third-order valence-corrected chi connectivity index (χ3v) is 12.8. The summed E-state index contributed by atoms with van der Waals surface area (Å²) >= 11 is 0. The van der Waals surface area contributed by atoms with Crippen molar-refractivity contribution in [2.45, 2.75) is 24.4 Å². The number of aromatic hydroxyl groups is 4. The van der Waals surface area contributed by atoms with E-state index in [9.17, 15) is 40.9 Å². The third-order valence-electron chi connectivity index (χ3n) is 12.8. The van der Waals surface area contributed by atoms with Crippen LogP contribution in [-0.4, -0.2) is 40.9 Å². The molecule has 0 spiro atoms. The molecule has 4 unspecified atom stereocenters. The average Bonchev–Trinajstić information content (AvgIpc) is 3.30. The maximum absolute atomic E-state index is 12.1. The Kier molecular flexibility index (Phi) is 8.51. The van der Waals surface area contributed by atoms with Gasteiger partial charge >= 0.3 is 0 Å². The van der Waals surface area contributed by atoms with Gasteiger partial charge in [-0.25, -0.2) is 0 Å². The lowest BCUT2D eigenvalue weighted by atomic mass is 9.84. The summed E-state index contributed by atoms with van der Waals surface area (Å²) in [6.07, 6.45) is -4.21. The molecule has 8 nitrogen and oxygen atoms in total. The van der Waals surface area contributed by atoms with Gasteiger partial charge in [-0.2, -0.15) is 0 Å². The summed E-state index contributed by atoms with van der Waals surface area (Å²) in [5, 5.41) is 98.6. The second-order valence-electron chi connectivity index (χ2n) is 16.2. The van der Waals surface area contributed by atoms with E-state index in [1.807, 2.05) is 48.5 Å². The quantitative estimate of drug-likeness (QED) is 0.0703. The third kappa shape index (κ3) is 5.70. The highest BCUT2D eigenvalue weighted by atomic mass is 16.3. The van der Waals surface area contributed by atoms with Gasteiger partial charge in [0, 0.05) is 21.5 Å². The molecule has 62 heavy (non-hydrogen) atoms. The summed E-state index contributed by atoms with van der Waals surface area (Å²) in [4.78, 5) is 0. The molecule has 8 heteroatoms. The minimum Gasteiger partial charge on any atom is -0.508 e. The Balaban J connectivity index is 0.978. The van der Waals surface area contributed by atoms with Gasteiger partial charge in [0.25, 0.3) is 0 Å². The molecule has 0 bridgehead atoms. The number of hydrogen-bond acceptors (Lipinski definition) is 8. The molecule has 11 aromatic carbocycles. The van der Waals surface area contributed by atoms with Crippen LogP contribution >= 0.6 is 0 Å². The second-order valence-corrected chi connectivity index (χ2v) is 16.2. The van der Waals surface area contributed by atoms with Crippen molar-refractivity contribution in [1.29, 1.82) is 0 Å². The van der Waals surface area contributed by atoms with E-state index in [0.29, 0.717) is 55.3 Å². The van der Waals surface area contributed by atoms with Gasteiger partial charge in [-0.1, -0.05) is 97.1 Å². The van der Waals surface area contributed by atoms with Gasteiger partial charge in [0.1, 0.15) is 47.4 Å². The highest BCUT2D eigenvalue weighted by molar-refractivity contribution is 6.27. The van der Waals surface area contributed by atoms with Crippen LogP contribution in [0.5, 0.6) is 23.0 Å². The molecule has 0 saturated carbocycles. The monoisotopic (exact) mass is 814 g/mol. The van der Waals surface area contributed by atoms with E-state index in [4.69, 9.17) is 0 Å². The molecule has 0 saturated heterocycles. The number of rotatable bonds is 8. The number of aliphatic hydroxyl groups excluding tert-OH is 4. The van der Waals surface area contributed by atoms with Crippen molar-refractivity contribution in [3.63, 3.8) is 0 Å². The molecule has 11 rings (SSSR count). The lowest BCUT2D eigenvalue weighted by Crippen LogP contribution is -2.06. The maximum atomic E-state index is 12.1. The van der Waals surface area contributed by atoms with Crippen molar-refractivity contribution in [3.05, 3.63) is 202 Å². The molecular formula is C54H38O8. The first-order chi connectivity index (χ1) is 30.0. The van der Waals surface area contributed by atoms with E-state index in [0.717, 1.165) is 53.9 Å². The van der Waals surface area contributed by atoms with Crippen molar-refractivity contribution in [1.82, 2.24) is 0 Å². The minimum absolute atomic E-state index is 0.0385. The van der Waals surface area contributed by atoms with Crippen LogP contribution in [0.25, 0.3) is 64.6 Å². The summed E-state index contributed by atoms with van der Waals surface area (Å²) in [7, 11) is 0. The van der Waals surface area contributed by atoms with E-state index in [1.165, 1.54) is 24.3 Å². The summed E-state index contributed by atoms with van der Waals surface area (Å²) in [5.41, 5.74) is 4.85. The van der Waals surface area contributed by atoms with Gasteiger partial charge in [0.15, 0.2) is 0 Å². The first kappa shape index (κ1) is 37.5. The number of phenolic OH excluding ortho intramolecular Hbond substituents is 4. The highest BCUT2D eigenvalue weighted by Gasteiger charge is 2.26. The van der Waals surface area contributed by atoms with Crippen LogP contribution in [-0.2, 0) is 0 Å². The fourth-order valence-corrected chi connectivity index (χ4v) is 9.70. The zero-order valence-electron chi connectivity index (χ0n) is 32.9. The van der Waals surface area contributed by atoms with Gasteiger partial charge < -0.3 is 40.9 Å². The summed E-state index contributed by atoms with van der Waals surface area (Å²) < 4.78 is 0. The molecule has 302 valence electrons. The van der Waals surface area contributed by atoms with Gasteiger partial charge in [0.05, 0.1) is 0 Å². The summed E-state index contributed by atoms with van der Waals surface area (Å²) in [5.74, 6) is 0.278. The van der Waals surface area contributed by atoms with E-state index < -0.39 is 24.4 Å². The SMILES string of the molecule is Oc1ccc(C(O)c2cc3cccc4c(C(O)c5ccc(C(O)c6cc7c(O)ccc8c(C(O)c9ccc(O)cc9)cc9cccc6c9c78)cc5)cc5c(O)ccc2c5c34)cc1. The maximum Gasteiger partial charge on any atom is 0.123 e. The fraction of sp³-hybridized carbons (Fsp3) is 0.0741. The molecule has 0 amide bonds. The average molecular weight is 815 g/mol. The zero-order valence-corrected chi connectivity index (χ0v) is 32.9. The summed E-state index contributed by atoms with van der Waals surface area (Å²) in [6.45, 7) is 0. The predicted molar refractivity (Wildman–Crippen MR) is 243 cm³/mol. The van der Waals surface area contributed by atoms with Crippen LogP contribution < -0.4 is 0 Å². The van der Waals surface area contributed by atoms with Gasteiger partial charge in [-0.05, 0) is 148 Å². The lowest BCUT2D eigenvalue weighted by molar-refractivity contribution is 0.218. The zero-order chi connectivity index (χ0) is 42.6. The molecular weight excluding hydrogens is 777 g/mol. The van der Waals surface area contributed by atoms with E-state index in [1.54, 1.807) is 84.9 Å². The molecule has 8 N–H and O–H groups in total. The smallest absolute Gasteiger partial charge is 0.123 e. The second kappa shape index (κ2) is 14.1. The topological polar surface area (TPSA) is 162 Å². The minimum atomic E-state index is -1.10. The standard InChI is InChI=1S/C54H38O8/c55-33-15-11-29(12-16-33)51(59)39-23-31-3-1-5-35-41(25-43-45(57)21-19-37(39)49(43)47(31)35)53(61)27-7-9-28(10-8-27)54(62)42-26-44-46(58)22-20-38-40(52(60)30-13-17-34(56)18-14-30)24-32-4-2-6-36(42)48(32)50(38)44/h1-26,51-62H. The Hall–Kier alpha value is -7.46. The van der Waals surface area contributed by atoms with Crippen LogP contribution in [0.1, 0.15) is 68.9 Å². The predicted octanol–water partition coefficient (Wildman–Crippen LogP) is 10.6. The number of phenols is 4. The molecule has 0 radical (unpaired) electrons. The van der Waals surface area contributed by atoms with Crippen molar-refractivity contribution in [2.24, 2.45) is 0 Å². The molecule has 4 atom stereocenters. The molecule has 11 aromatic rings. The normalized spacial score (nSPS) is 14.1. The molecule has 0 aliphatic rings. The Morgan fingerprint density at radius 2 is 0.581 bits per heavy atom. The number of hydrogen-bond donors (Lipinski definition) is 8. The first-order valence-electron chi connectivity index (χ1n) is 20.3. The number of benzene rings is 11. The largest absolute Gasteiger partial charge is 0.508 e. The lowest BCUT2D eigenvalue weighted by Gasteiger charge is -2.23. The fourth-order valence-electron chi connectivity index (χ4n) is 9.70. The van der Waals surface area contributed by atoms with Crippen LogP contribution in [0.2, 0.25) is 0 Å². The van der Waals surface area contributed by atoms with Crippen LogP contribution in [0, 0.1) is 0 Å². The highest BCUT2D eigenvalue weighted by Crippen LogP contribution is 2.48. The first-order valence-corrected chi connectivity index (χ1v) is 20.3. The van der Waals surface area contributed by atoms with Gasteiger partial charge in [0.2, 0.25) is 0 Å².